The van der Waals surface area contributed by atoms with Gasteiger partial charge in [0.05, 0.1) is 12.7 Å². The molecule has 0 saturated heterocycles. The number of halogens is 1. The average Bonchev–Trinajstić information content (AvgIpc) is 2.17. The molecule has 1 aromatic rings. The van der Waals surface area contributed by atoms with Crippen LogP contribution in [0.15, 0.2) is 18.2 Å². The van der Waals surface area contributed by atoms with Crippen molar-refractivity contribution in [1.29, 1.82) is 0 Å². The number of benzene rings is 1. The number of likely N-dealkylation sites (N-methyl/N-ethyl adjacent to an activating group) is 1. The van der Waals surface area contributed by atoms with Crippen LogP contribution in [0.25, 0.3) is 0 Å². The standard InChI is InChI=1S/C12H16FNO/c1-14(2)8-11-12-9(6-7-15-11)4-3-5-10(12)13/h3-5,11H,6-8H2,1-2H3/t11-/m1/s1. The minimum absolute atomic E-state index is 0.120. The van der Waals surface area contributed by atoms with Gasteiger partial charge in [0.25, 0.3) is 0 Å². The number of rotatable bonds is 2. The number of nitrogens with zero attached hydrogens (tertiary/aromatic N) is 1. The Kier molecular flexibility index (Phi) is 3.03. The second kappa shape index (κ2) is 4.29. The quantitative estimate of drug-likeness (QED) is 0.738. The maximum absolute atomic E-state index is 13.7. The molecule has 0 radical (unpaired) electrons. The van der Waals surface area contributed by atoms with E-state index in [1.807, 2.05) is 25.1 Å². The molecule has 1 heterocycles. The highest BCUT2D eigenvalue weighted by Gasteiger charge is 2.24. The summed E-state index contributed by atoms with van der Waals surface area (Å²) in [4.78, 5) is 2.02. The van der Waals surface area contributed by atoms with Crippen molar-refractivity contribution in [3.05, 3.63) is 35.1 Å². The lowest BCUT2D eigenvalue weighted by molar-refractivity contribution is 0.0228. The fraction of sp³-hybridized carbons (Fsp3) is 0.500. The summed E-state index contributed by atoms with van der Waals surface area (Å²) >= 11 is 0. The van der Waals surface area contributed by atoms with Crippen molar-refractivity contribution in [3.63, 3.8) is 0 Å². The summed E-state index contributed by atoms with van der Waals surface area (Å²) in [5.41, 5.74) is 1.84. The number of hydrogen-bond donors (Lipinski definition) is 0. The zero-order chi connectivity index (χ0) is 10.8. The van der Waals surface area contributed by atoms with E-state index >= 15 is 0 Å². The van der Waals surface area contributed by atoms with Gasteiger partial charge in [0.2, 0.25) is 0 Å². The van der Waals surface area contributed by atoms with Crippen LogP contribution in [0.2, 0.25) is 0 Å². The van der Waals surface area contributed by atoms with Crippen LogP contribution in [0.4, 0.5) is 4.39 Å². The highest BCUT2D eigenvalue weighted by molar-refractivity contribution is 5.32. The fourth-order valence-corrected chi connectivity index (χ4v) is 2.03. The molecule has 0 unspecified atom stereocenters. The van der Waals surface area contributed by atoms with Crippen LogP contribution < -0.4 is 0 Å². The highest BCUT2D eigenvalue weighted by atomic mass is 19.1. The lowest BCUT2D eigenvalue weighted by Crippen LogP contribution is -2.27. The molecule has 1 aromatic carbocycles. The van der Waals surface area contributed by atoms with Crippen molar-refractivity contribution in [1.82, 2.24) is 4.90 Å². The molecule has 0 bridgehead atoms. The minimum atomic E-state index is -0.140. The molecule has 1 atom stereocenters. The number of ether oxygens (including phenoxy) is 1. The number of fused-ring (bicyclic) bond motifs is 1. The van der Waals surface area contributed by atoms with Gasteiger partial charge in [-0.25, -0.2) is 4.39 Å². The van der Waals surface area contributed by atoms with Crippen molar-refractivity contribution in [2.45, 2.75) is 12.5 Å². The van der Waals surface area contributed by atoms with Gasteiger partial charge in [-0.1, -0.05) is 12.1 Å². The van der Waals surface area contributed by atoms with Crippen molar-refractivity contribution in [3.8, 4) is 0 Å². The van der Waals surface area contributed by atoms with Gasteiger partial charge in [0.1, 0.15) is 5.82 Å². The van der Waals surface area contributed by atoms with Crippen LogP contribution in [0.3, 0.4) is 0 Å². The Balaban J connectivity index is 2.32. The summed E-state index contributed by atoms with van der Waals surface area (Å²) in [6.45, 7) is 1.42. The molecule has 0 spiro atoms. The van der Waals surface area contributed by atoms with Crippen molar-refractivity contribution in [2.75, 3.05) is 27.2 Å². The van der Waals surface area contributed by atoms with E-state index in [-0.39, 0.29) is 11.9 Å². The van der Waals surface area contributed by atoms with E-state index in [0.717, 1.165) is 24.1 Å². The van der Waals surface area contributed by atoms with Crippen LogP contribution >= 0.6 is 0 Å². The number of hydrogen-bond acceptors (Lipinski definition) is 2. The normalized spacial score (nSPS) is 20.4. The molecule has 0 aliphatic carbocycles. The molecule has 0 amide bonds. The summed E-state index contributed by atoms with van der Waals surface area (Å²) in [5, 5.41) is 0. The van der Waals surface area contributed by atoms with E-state index < -0.39 is 0 Å². The second-order valence-electron chi connectivity index (χ2n) is 4.18. The zero-order valence-corrected chi connectivity index (χ0v) is 9.16. The average molecular weight is 209 g/mol. The lowest BCUT2D eigenvalue weighted by Gasteiger charge is -2.28. The molecule has 2 nitrogen and oxygen atoms in total. The summed E-state index contributed by atoms with van der Waals surface area (Å²) in [7, 11) is 3.94. The molecule has 1 aliphatic rings. The van der Waals surface area contributed by atoms with Gasteiger partial charge in [-0.15, -0.1) is 0 Å². The predicted molar refractivity (Wildman–Crippen MR) is 57.4 cm³/mol. The van der Waals surface area contributed by atoms with Gasteiger partial charge in [-0.2, -0.15) is 0 Å². The first-order valence-corrected chi connectivity index (χ1v) is 5.22. The van der Waals surface area contributed by atoms with Crippen LogP contribution in [0, 0.1) is 5.82 Å². The molecule has 0 saturated carbocycles. The fourth-order valence-electron chi connectivity index (χ4n) is 2.03. The van der Waals surface area contributed by atoms with Gasteiger partial charge in [0.15, 0.2) is 0 Å². The molecular formula is C12H16FNO. The summed E-state index contributed by atoms with van der Waals surface area (Å²) in [6.07, 6.45) is 0.696. The predicted octanol–water partition coefficient (Wildman–Crippen LogP) is 2.00. The largest absolute Gasteiger partial charge is 0.372 e. The first-order chi connectivity index (χ1) is 7.18. The minimum Gasteiger partial charge on any atom is -0.372 e. The van der Waals surface area contributed by atoms with Gasteiger partial charge < -0.3 is 9.64 Å². The van der Waals surface area contributed by atoms with Crippen molar-refractivity contribution < 1.29 is 9.13 Å². The monoisotopic (exact) mass is 209 g/mol. The van der Waals surface area contributed by atoms with Gasteiger partial charge in [0, 0.05) is 12.1 Å². The topological polar surface area (TPSA) is 12.5 Å². The van der Waals surface area contributed by atoms with Crippen LogP contribution in [0.5, 0.6) is 0 Å². The van der Waals surface area contributed by atoms with Crippen molar-refractivity contribution >= 4 is 0 Å². The van der Waals surface area contributed by atoms with Crippen LogP contribution in [-0.4, -0.2) is 32.1 Å². The molecule has 0 fully saturated rings. The molecule has 2 rings (SSSR count). The third-order valence-electron chi connectivity index (χ3n) is 2.69. The van der Waals surface area contributed by atoms with E-state index in [0.29, 0.717) is 6.61 Å². The first-order valence-electron chi connectivity index (χ1n) is 5.22. The Bertz CT molecular complexity index is 351. The van der Waals surface area contributed by atoms with E-state index in [1.165, 1.54) is 6.07 Å². The third-order valence-corrected chi connectivity index (χ3v) is 2.69. The molecule has 0 aromatic heterocycles. The van der Waals surface area contributed by atoms with Gasteiger partial charge in [-0.05, 0) is 32.1 Å². The maximum Gasteiger partial charge on any atom is 0.129 e. The van der Waals surface area contributed by atoms with E-state index in [9.17, 15) is 4.39 Å². The Morgan fingerprint density at radius 3 is 3.00 bits per heavy atom. The molecule has 0 N–H and O–H groups in total. The van der Waals surface area contributed by atoms with E-state index in [4.69, 9.17) is 4.74 Å². The highest BCUT2D eigenvalue weighted by Crippen LogP contribution is 2.29. The maximum atomic E-state index is 13.7. The second-order valence-corrected chi connectivity index (χ2v) is 4.18. The van der Waals surface area contributed by atoms with E-state index in [2.05, 4.69) is 0 Å². The van der Waals surface area contributed by atoms with Crippen LogP contribution in [0.1, 0.15) is 17.2 Å². The summed E-state index contributed by atoms with van der Waals surface area (Å²) in [6, 6.07) is 5.27. The SMILES string of the molecule is CN(C)C[C@H]1OCCc2cccc(F)c21. The summed E-state index contributed by atoms with van der Waals surface area (Å²) in [5.74, 6) is -0.140. The van der Waals surface area contributed by atoms with E-state index in [1.54, 1.807) is 6.07 Å². The van der Waals surface area contributed by atoms with Gasteiger partial charge >= 0.3 is 0 Å². The van der Waals surface area contributed by atoms with Crippen LogP contribution in [-0.2, 0) is 11.2 Å². The molecule has 15 heavy (non-hydrogen) atoms. The Morgan fingerprint density at radius 2 is 2.27 bits per heavy atom. The third kappa shape index (κ3) is 2.19. The molecular weight excluding hydrogens is 193 g/mol. The molecule has 3 heteroatoms. The zero-order valence-electron chi connectivity index (χ0n) is 9.16. The summed E-state index contributed by atoms with van der Waals surface area (Å²) < 4.78 is 19.3. The Hall–Kier alpha value is -0.930. The first kappa shape index (κ1) is 10.6. The Labute approximate surface area is 89.7 Å². The van der Waals surface area contributed by atoms with Gasteiger partial charge in [-0.3, -0.25) is 0 Å². The Morgan fingerprint density at radius 1 is 1.47 bits per heavy atom. The smallest absolute Gasteiger partial charge is 0.129 e. The van der Waals surface area contributed by atoms with Crippen molar-refractivity contribution in [2.24, 2.45) is 0 Å². The molecule has 1 aliphatic heterocycles. The lowest BCUT2D eigenvalue weighted by atomic mass is 9.97. The molecule has 82 valence electrons.